The molecule has 2 aromatic rings. The molecule has 2 N–H and O–H groups in total. The van der Waals surface area contributed by atoms with Gasteiger partial charge in [-0.2, -0.15) is 18.3 Å². The summed E-state index contributed by atoms with van der Waals surface area (Å²) in [5.74, 6) is 0. The van der Waals surface area contributed by atoms with E-state index in [1.807, 2.05) is 6.92 Å². The number of alkyl halides is 3. The van der Waals surface area contributed by atoms with Gasteiger partial charge in [-0.05, 0) is 18.7 Å². The van der Waals surface area contributed by atoms with Crippen molar-refractivity contribution in [3.05, 3.63) is 41.6 Å². The first-order valence-electron chi connectivity index (χ1n) is 5.93. The van der Waals surface area contributed by atoms with E-state index in [-0.39, 0.29) is 0 Å². The average Bonchev–Trinajstić information content (AvgIpc) is 2.83. The zero-order chi connectivity index (χ0) is 13.9. The van der Waals surface area contributed by atoms with Crippen molar-refractivity contribution in [3.63, 3.8) is 0 Å². The number of aromatic nitrogens is 2. The summed E-state index contributed by atoms with van der Waals surface area (Å²) in [6.07, 6.45) is -2.71. The van der Waals surface area contributed by atoms with E-state index in [1.165, 1.54) is 6.07 Å². The summed E-state index contributed by atoms with van der Waals surface area (Å²) in [5, 5.41) is 9.77. The van der Waals surface area contributed by atoms with Crippen LogP contribution >= 0.6 is 0 Å². The van der Waals surface area contributed by atoms with Gasteiger partial charge in [-0.3, -0.25) is 5.10 Å². The second kappa shape index (κ2) is 5.44. The summed E-state index contributed by atoms with van der Waals surface area (Å²) in [5.41, 5.74) is 1.29. The third-order valence-corrected chi connectivity index (χ3v) is 2.76. The topological polar surface area (TPSA) is 40.7 Å². The molecule has 0 radical (unpaired) electrons. The SMILES string of the molecule is CCNCc1cn[nH]c1-c1cccc(C(F)(F)F)c1. The molecule has 19 heavy (non-hydrogen) atoms. The van der Waals surface area contributed by atoms with E-state index in [1.54, 1.807) is 12.3 Å². The molecule has 0 amide bonds. The van der Waals surface area contributed by atoms with Crippen LogP contribution in [0.25, 0.3) is 11.3 Å². The number of benzene rings is 1. The highest BCUT2D eigenvalue weighted by molar-refractivity contribution is 5.63. The van der Waals surface area contributed by atoms with Crippen LogP contribution in [0, 0.1) is 0 Å². The van der Waals surface area contributed by atoms with Gasteiger partial charge in [0.25, 0.3) is 0 Å². The van der Waals surface area contributed by atoms with Gasteiger partial charge < -0.3 is 5.32 Å². The van der Waals surface area contributed by atoms with E-state index in [4.69, 9.17) is 0 Å². The number of H-pyrrole nitrogens is 1. The molecule has 0 saturated heterocycles. The molecule has 2 rings (SSSR count). The number of halogens is 3. The molecule has 0 bridgehead atoms. The Morgan fingerprint density at radius 3 is 2.79 bits per heavy atom. The van der Waals surface area contributed by atoms with Crippen molar-refractivity contribution in [2.24, 2.45) is 0 Å². The summed E-state index contributed by atoms with van der Waals surface area (Å²) < 4.78 is 38.0. The van der Waals surface area contributed by atoms with Crippen LogP contribution in [-0.4, -0.2) is 16.7 Å². The molecule has 6 heteroatoms. The van der Waals surface area contributed by atoms with Crippen molar-refractivity contribution < 1.29 is 13.2 Å². The lowest BCUT2D eigenvalue weighted by Gasteiger charge is -2.09. The van der Waals surface area contributed by atoms with Gasteiger partial charge in [0.2, 0.25) is 0 Å². The first-order valence-corrected chi connectivity index (χ1v) is 5.93. The van der Waals surface area contributed by atoms with Gasteiger partial charge >= 0.3 is 6.18 Å². The lowest BCUT2D eigenvalue weighted by Crippen LogP contribution is -2.12. The molecule has 0 spiro atoms. The highest BCUT2D eigenvalue weighted by atomic mass is 19.4. The fraction of sp³-hybridized carbons (Fsp3) is 0.308. The molecule has 0 unspecified atom stereocenters. The molecule has 1 heterocycles. The Labute approximate surface area is 108 Å². The predicted octanol–water partition coefficient (Wildman–Crippen LogP) is 3.21. The van der Waals surface area contributed by atoms with Crippen LogP contribution in [0.5, 0.6) is 0 Å². The third-order valence-electron chi connectivity index (χ3n) is 2.76. The minimum atomic E-state index is -4.34. The van der Waals surface area contributed by atoms with Crippen LogP contribution in [0.1, 0.15) is 18.1 Å². The van der Waals surface area contributed by atoms with E-state index in [2.05, 4.69) is 15.5 Å². The second-order valence-electron chi connectivity index (χ2n) is 4.13. The summed E-state index contributed by atoms with van der Waals surface area (Å²) >= 11 is 0. The lowest BCUT2D eigenvalue weighted by atomic mass is 10.0. The predicted molar refractivity (Wildman–Crippen MR) is 66.4 cm³/mol. The third kappa shape index (κ3) is 3.14. The number of nitrogens with one attached hydrogen (secondary N) is 2. The standard InChI is InChI=1S/C13H14F3N3/c1-2-17-7-10-8-18-19-12(10)9-4-3-5-11(6-9)13(14,15)16/h3-6,8,17H,2,7H2,1H3,(H,18,19). The summed E-state index contributed by atoms with van der Waals surface area (Å²) in [7, 11) is 0. The number of hydrogen-bond donors (Lipinski definition) is 2. The molecule has 0 aliphatic carbocycles. The Morgan fingerprint density at radius 1 is 1.32 bits per heavy atom. The first-order chi connectivity index (χ1) is 9.02. The normalized spacial score (nSPS) is 11.8. The average molecular weight is 269 g/mol. The maximum Gasteiger partial charge on any atom is 0.416 e. The minimum absolute atomic E-state index is 0.486. The van der Waals surface area contributed by atoms with Crippen LogP contribution < -0.4 is 5.32 Å². The van der Waals surface area contributed by atoms with E-state index < -0.39 is 11.7 Å². The number of rotatable bonds is 4. The van der Waals surface area contributed by atoms with Crippen molar-refractivity contribution in [2.75, 3.05) is 6.54 Å². The number of aromatic amines is 1. The first kappa shape index (κ1) is 13.6. The molecule has 1 aromatic heterocycles. The molecular weight excluding hydrogens is 255 g/mol. The molecule has 0 saturated carbocycles. The zero-order valence-electron chi connectivity index (χ0n) is 10.4. The highest BCUT2D eigenvalue weighted by Gasteiger charge is 2.30. The van der Waals surface area contributed by atoms with Crippen LogP contribution in [-0.2, 0) is 12.7 Å². The fourth-order valence-corrected chi connectivity index (χ4v) is 1.81. The van der Waals surface area contributed by atoms with Gasteiger partial charge in [0.05, 0.1) is 17.5 Å². The van der Waals surface area contributed by atoms with Gasteiger partial charge in [0, 0.05) is 17.7 Å². The molecule has 102 valence electrons. The Kier molecular flexibility index (Phi) is 3.90. The van der Waals surface area contributed by atoms with E-state index in [0.717, 1.165) is 24.2 Å². The Morgan fingerprint density at radius 2 is 2.11 bits per heavy atom. The van der Waals surface area contributed by atoms with Crippen LogP contribution in [0.2, 0.25) is 0 Å². The monoisotopic (exact) mass is 269 g/mol. The molecule has 0 fully saturated rings. The fourth-order valence-electron chi connectivity index (χ4n) is 1.81. The van der Waals surface area contributed by atoms with Crippen molar-refractivity contribution in [2.45, 2.75) is 19.6 Å². The Bertz CT molecular complexity index is 546. The maximum atomic E-state index is 12.7. The lowest BCUT2D eigenvalue weighted by molar-refractivity contribution is -0.137. The zero-order valence-corrected chi connectivity index (χ0v) is 10.4. The van der Waals surface area contributed by atoms with Crippen LogP contribution in [0.3, 0.4) is 0 Å². The maximum absolute atomic E-state index is 12.7. The second-order valence-corrected chi connectivity index (χ2v) is 4.13. The number of hydrogen-bond acceptors (Lipinski definition) is 2. The molecule has 0 aliphatic rings. The summed E-state index contributed by atoms with van der Waals surface area (Å²) in [6.45, 7) is 3.32. The van der Waals surface area contributed by atoms with Gasteiger partial charge in [-0.1, -0.05) is 19.1 Å². The van der Waals surface area contributed by atoms with Gasteiger partial charge in [-0.15, -0.1) is 0 Å². The largest absolute Gasteiger partial charge is 0.416 e. The summed E-state index contributed by atoms with van der Waals surface area (Å²) in [4.78, 5) is 0. The minimum Gasteiger partial charge on any atom is -0.313 e. The Hall–Kier alpha value is -1.82. The quantitative estimate of drug-likeness (QED) is 0.894. The summed E-state index contributed by atoms with van der Waals surface area (Å²) in [6, 6.07) is 5.22. The van der Waals surface area contributed by atoms with E-state index >= 15 is 0 Å². The van der Waals surface area contributed by atoms with Gasteiger partial charge in [-0.25, -0.2) is 0 Å². The van der Waals surface area contributed by atoms with Crippen molar-refractivity contribution in [3.8, 4) is 11.3 Å². The molecule has 1 aromatic carbocycles. The Balaban J connectivity index is 2.34. The van der Waals surface area contributed by atoms with E-state index in [0.29, 0.717) is 17.8 Å². The highest BCUT2D eigenvalue weighted by Crippen LogP contribution is 2.32. The van der Waals surface area contributed by atoms with Crippen LogP contribution in [0.15, 0.2) is 30.5 Å². The number of nitrogens with zero attached hydrogens (tertiary/aromatic N) is 1. The van der Waals surface area contributed by atoms with Gasteiger partial charge in [0.1, 0.15) is 0 Å². The van der Waals surface area contributed by atoms with Gasteiger partial charge in [0.15, 0.2) is 0 Å². The van der Waals surface area contributed by atoms with Crippen molar-refractivity contribution in [1.82, 2.24) is 15.5 Å². The molecule has 3 nitrogen and oxygen atoms in total. The molecular formula is C13H14F3N3. The smallest absolute Gasteiger partial charge is 0.313 e. The molecule has 0 atom stereocenters. The molecule has 0 aliphatic heterocycles. The van der Waals surface area contributed by atoms with E-state index in [9.17, 15) is 13.2 Å². The van der Waals surface area contributed by atoms with Crippen molar-refractivity contribution >= 4 is 0 Å². The van der Waals surface area contributed by atoms with Crippen molar-refractivity contribution in [1.29, 1.82) is 0 Å². The van der Waals surface area contributed by atoms with Crippen LogP contribution in [0.4, 0.5) is 13.2 Å².